The number of benzene rings is 3. The van der Waals surface area contributed by atoms with Gasteiger partial charge in [0.15, 0.2) is 11.0 Å². The molecule has 0 saturated heterocycles. The molecular weight excluding hydrogens is 468 g/mol. The van der Waals surface area contributed by atoms with E-state index < -0.39 is 5.25 Å². The van der Waals surface area contributed by atoms with Gasteiger partial charge in [0.1, 0.15) is 11.0 Å². The van der Waals surface area contributed by atoms with E-state index >= 15 is 0 Å². The summed E-state index contributed by atoms with van der Waals surface area (Å²) in [6.07, 6.45) is 0. The highest BCUT2D eigenvalue weighted by Crippen LogP contribution is 2.39. The number of thioether (sulfide) groups is 1. The van der Waals surface area contributed by atoms with Gasteiger partial charge in [0, 0.05) is 17.3 Å². The number of aromatic nitrogens is 3. The van der Waals surface area contributed by atoms with Crippen molar-refractivity contribution in [2.45, 2.75) is 30.3 Å². The summed E-state index contributed by atoms with van der Waals surface area (Å²) >= 11 is 7.86. The SMILES string of the molecule is COc1ccc(-n2c(SC(C(=O)NC(C)C)c3ccccc3)nnc2-c2ccccc2Cl)cc1. The average molecular weight is 493 g/mol. The molecule has 1 heterocycles. The van der Waals surface area contributed by atoms with Crippen LogP contribution < -0.4 is 10.1 Å². The van der Waals surface area contributed by atoms with E-state index in [-0.39, 0.29) is 11.9 Å². The minimum atomic E-state index is -0.510. The van der Waals surface area contributed by atoms with E-state index in [1.165, 1.54) is 11.8 Å². The van der Waals surface area contributed by atoms with Gasteiger partial charge < -0.3 is 10.1 Å². The third kappa shape index (κ3) is 5.26. The fourth-order valence-electron chi connectivity index (χ4n) is 3.49. The van der Waals surface area contributed by atoms with Gasteiger partial charge in [-0.1, -0.05) is 65.8 Å². The molecule has 6 nitrogen and oxygen atoms in total. The van der Waals surface area contributed by atoms with Gasteiger partial charge in [-0.15, -0.1) is 10.2 Å². The highest BCUT2D eigenvalue weighted by atomic mass is 35.5. The van der Waals surface area contributed by atoms with E-state index in [4.69, 9.17) is 16.3 Å². The third-order valence-corrected chi connectivity index (χ3v) is 6.60. The number of halogens is 1. The normalized spacial score (nSPS) is 11.9. The van der Waals surface area contributed by atoms with Crippen molar-refractivity contribution in [3.8, 4) is 22.8 Å². The van der Waals surface area contributed by atoms with Crippen LogP contribution in [0.3, 0.4) is 0 Å². The van der Waals surface area contributed by atoms with Gasteiger partial charge >= 0.3 is 0 Å². The van der Waals surface area contributed by atoms with Gasteiger partial charge in [0.2, 0.25) is 5.91 Å². The van der Waals surface area contributed by atoms with Crippen LogP contribution >= 0.6 is 23.4 Å². The molecule has 8 heteroatoms. The summed E-state index contributed by atoms with van der Waals surface area (Å²) < 4.78 is 7.24. The fourth-order valence-corrected chi connectivity index (χ4v) is 4.78. The Labute approximate surface area is 208 Å². The molecular formula is C26H25ClN4O2S. The Bertz CT molecular complexity index is 1260. The van der Waals surface area contributed by atoms with E-state index in [9.17, 15) is 4.79 Å². The zero-order valence-corrected chi connectivity index (χ0v) is 20.7. The van der Waals surface area contributed by atoms with Crippen LogP contribution in [0.5, 0.6) is 5.75 Å². The third-order valence-electron chi connectivity index (χ3n) is 5.07. The molecule has 4 aromatic rings. The standard InChI is InChI=1S/C26H25ClN4O2S/c1-17(2)28-25(32)23(18-9-5-4-6-10-18)34-26-30-29-24(21-11-7-8-12-22(21)27)31(26)19-13-15-20(33-3)16-14-19/h4-17,23H,1-3H3,(H,28,32). The smallest absolute Gasteiger partial charge is 0.238 e. The number of rotatable bonds is 8. The van der Waals surface area contributed by atoms with E-state index in [0.717, 1.165) is 22.6 Å². The lowest BCUT2D eigenvalue weighted by Gasteiger charge is -2.19. The number of hydrogen-bond donors (Lipinski definition) is 1. The number of hydrogen-bond acceptors (Lipinski definition) is 5. The van der Waals surface area contributed by atoms with Gasteiger partial charge in [0.25, 0.3) is 0 Å². The first-order valence-electron chi connectivity index (χ1n) is 10.8. The summed E-state index contributed by atoms with van der Waals surface area (Å²) in [5.41, 5.74) is 2.47. The van der Waals surface area contributed by atoms with Gasteiger partial charge in [-0.3, -0.25) is 9.36 Å². The molecule has 1 atom stereocenters. The first-order valence-corrected chi connectivity index (χ1v) is 12.1. The molecule has 0 aliphatic rings. The Balaban J connectivity index is 1.83. The second-order valence-corrected chi connectivity index (χ2v) is 9.37. The molecule has 0 spiro atoms. The van der Waals surface area contributed by atoms with Crippen LogP contribution in [0.4, 0.5) is 0 Å². The molecule has 1 unspecified atom stereocenters. The maximum Gasteiger partial charge on any atom is 0.238 e. The lowest BCUT2D eigenvalue weighted by atomic mass is 10.1. The number of amides is 1. The number of carbonyl (C=O) groups excluding carboxylic acids is 1. The molecule has 0 fully saturated rings. The maximum atomic E-state index is 13.2. The van der Waals surface area contributed by atoms with Crippen molar-refractivity contribution in [2.24, 2.45) is 0 Å². The van der Waals surface area contributed by atoms with Crippen LogP contribution in [0.25, 0.3) is 17.1 Å². The Morgan fingerprint density at radius 3 is 2.29 bits per heavy atom. The van der Waals surface area contributed by atoms with Crippen molar-refractivity contribution in [1.82, 2.24) is 20.1 Å². The monoisotopic (exact) mass is 492 g/mol. The van der Waals surface area contributed by atoms with Gasteiger partial charge in [-0.05, 0) is 55.8 Å². The molecule has 0 radical (unpaired) electrons. The summed E-state index contributed by atoms with van der Waals surface area (Å²) in [4.78, 5) is 13.2. The van der Waals surface area contributed by atoms with Gasteiger partial charge in [0.05, 0.1) is 12.1 Å². The Kier molecular flexibility index (Phi) is 7.55. The van der Waals surface area contributed by atoms with Crippen molar-refractivity contribution in [2.75, 3.05) is 7.11 Å². The lowest BCUT2D eigenvalue weighted by molar-refractivity contribution is -0.121. The molecule has 0 bridgehead atoms. The Morgan fingerprint density at radius 1 is 0.971 bits per heavy atom. The maximum absolute atomic E-state index is 13.2. The van der Waals surface area contributed by atoms with E-state index in [1.54, 1.807) is 7.11 Å². The second kappa shape index (κ2) is 10.8. The predicted molar refractivity (Wildman–Crippen MR) is 137 cm³/mol. The molecule has 34 heavy (non-hydrogen) atoms. The molecule has 3 aromatic carbocycles. The van der Waals surface area contributed by atoms with Crippen LogP contribution in [0, 0.1) is 0 Å². The van der Waals surface area contributed by atoms with Crippen molar-refractivity contribution in [1.29, 1.82) is 0 Å². The van der Waals surface area contributed by atoms with E-state index in [1.807, 2.05) is 97.3 Å². The van der Waals surface area contributed by atoms with Crippen LogP contribution in [0.2, 0.25) is 5.02 Å². The van der Waals surface area contributed by atoms with Crippen LogP contribution in [0.15, 0.2) is 84.0 Å². The fraction of sp³-hybridized carbons (Fsp3) is 0.192. The summed E-state index contributed by atoms with van der Waals surface area (Å²) in [7, 11) is 1.63. The number of carbonyl (C=O) groups is 1. The zero-order valence-electron chi connectivity index (χ0n) is 19.1. The van der Waals surface area contributed by atoms with E-state index in [2.05, 4.69) is 15.5 Å². The summed E-state index contributed by atoms with van der Waals surface area (Å²) in [5.74, 6) is 1.24. The topological polar surface area (TPSA) is 69.0 Å². The summed E-state index contributed by atoms with van der Waals surface area (Å²) in [5, 5.41) is 12.6. The average Bonchev–Trinajstić information content (AvgIpc) is 3.26. The molecule has 174 valence electrons. The molecule has 0 aliphatic heterocycles. The molecule has 0 aliphatic carbocycles. The number of methoxy groups -OCH3 is 1. The van der Waals surface area contributed by atoms with Crippen LogP contribution in [0.1, 0.15) is 24.7 Å². The number of nitrogens with zero attached hydrogens (tertiary/aromatic N) is 3. The highest BCUT2D eigenvalue weighted by molar-refractivity contribution is 8.00. The first kappa shape index (κ1) is 23.9. The van der Waals surface area contributed by atoms with Crippen LogP contribution in [-0.4, -0.2) is 33.8 Å². The molecule has 4 rings (SSSR count). The van der Waals surface area contributed by atoms with Crippen molar-refractivity contribution in [3.63, 3.8) is 0 Å². The minimum absolute atomic E-state index is 0.0115. The summed E-state index contributed by atoms with van der Waals surface area (Å²) in [6, 6.07) is 24.8. The predicted octanol–water partition coefficient (Wildman–Crippen LogP) is 5.95. The zero-order chi connectivity index (χ0) is 24.1. The minimum Gasteiger partial charge on any atom is -0.497 e. The number of ether oxygens (including phenoxy) is 1. The van der Waals surface area contributed by atoms with Crippen LogP contribution in [-0.2, 0) is 4.79 Å². The van der Waals surface area contributed by atoms with E-state index in [0.29, 0.717) is 16.0 Å². The Hall–Kier alpha value is -3.29. The quantitative estimate of drug-likeness (QED) is 0.307. The largest absolute Gasteiger partial charge is 0.497 e. The first-order chi connectivity index (χ1) is 16.5. The lowest BCUT2D eigenvalue weighted by Crippen LogP contribution is -2.33. The Morgan fingerprint density at radius 2 is 1.65 bits per heavy atom. The van der Waals surface area contributed by atoms with Crippen molar-refractivity contribution < 1.29 is 9.53 Å². The molecule has 1 aromatic heterocycles. The molecule has 1 amide bonds. The van der Waals surface area contributed by atoms with Crippen molar-refractivity contribution in [3.05, 3.63) is 89.4 Å². The highest BCUT2D eigenvalue weighted by Gasteiger charge is 2.27. The second-order valence-electron chi connectivity index (χ2n) is 7.89. The molecule has 0 saturated carbocycles. The number of nitrogens with one attached hydrogen (secondary N) is 1. The van der Waals surface area contributed by atoms with Gasteiger partial charge in [-0.2, -0.15) is 0 Å². The summed E-state index contributed by atoms with van der Waals surface area (Å²) in [6.45, 7) is 3.89. The molecule has 1 N–H and O–H groups in total. The van der Waals surface area contributed by atoms with Crippen molar-refractivity contribution >= 4 is 29.3 Å². The van der Waals surface area contributed by atoms with Gasteiger partial charge in [-0.25, -0.2) is 0 Å².